The number of benzene rings is 1. The number of carbonyl (C=O) groups excluding carboxylic acids is 1. The first-order chi connectivity index (χ1) is 11.1. The van der Waals surface area contributed by atoms with E-state index < -0.39 is 5.60 Å². The molecule has 0 unspecified atom stereocenters. The van der Waals surface area contributed by atoms with E-state index in [1.807, 2.05) is 31.2 Å². The smallest absolute Gasteiger partial charge is 0.256 e. The van der Waals surface area contributed by atoms with E-state index in [1.54, 1.807) is 11.8 Å². The number of rotatable bonds is 4. The van der Waals surface area contributed by atoms with E-state index in [9.17, 15) is 4.79 Å². The van der Waals surface area contributed by atoms with Crippen molar-refractivity contribution in [2.24, 2.45) is 0 Å². The second kappa shape index (κ2) is 7.69. The maximum Gasteiger partial charge on any atom is 0.256 e. The second-order valence-electron chi connectivity index (χ2n) is 5.59. The van der Waals surface area contributed by atoms with Gasteiger partial charge in [0, 0.05) is 12.8 Å². The Morgan fingerprint density at radius 2 is 2.12 bits per heavy atom. The first-order valence-corrected chi connectivity index (χ1v) is 7.57. The van der Waals surface area contributed by atoms with Crippen molar-refractivity contribution in [3.63, 3.8) is 0 Å². The predicted octanol–water partition coefficient (Wildman–Crippen LogP) is 1.10. The van der Waals surface area contributed by atoms with Gasteiger partial charge in [0.1, 0.15) is 5.60 Å². The van der Waals surface area contributed by atoms with Gasteiger partial charge in [-0.15, -0.1) is 17.5 Å². The van der Waals surface area contributed by atoms with E-state index in [0.29, 0.717) is 24.4 Å². The molecular weight excluding hydrogens is 332 g/mol. The predicted molar refractivity (Wildman–Crippen MR) is 91.6 cm³/mol. The Hall–Kier alpha value is -2.03. The van der Waals surface area contributed by atoms with E-state index >= 15 is 0 Å². The minimum atomic E-state index is -0.772. The molecule has 9 heteroatoms. The number of hydrogen-bond acceptors (Lipinski definition) is 6. The molecule has 130 valence electrons. The molecule has 0 aliphatic carbocycles. The van der Waals surface area contributed by atoms with Crippen LogP contribution in [0, 0.1) is 6.92 Å². The summed E-state index contributed by atoms with van der Waals surface area (Å²) in [5.41, 5.74) is 0.714. The first-order valence-electron chi connectivity index (χ1n) is 7.57. The monoisotopic (exact) mass is 352 g/mol. The molecule has 0 radical (unpaired) electrons. The average molecular weight is 353 g/mol. The van der Waals surface area contributed by atoms with Crippen molar-refractivity contribution >= 4 is 24.0 Å². The summed E-state index contributed by atoms with van der Waals surface area (Å²) in [7, 11) is 1.59. The van der Waals surface area contributed by atoms with Gasteiger partial charge in [0.2, 0.25) is 0 Å². The Bertz CT molecular complexity index is 699. The highest BCUT2D eigenvalue weighted by molar-refractivity contribution is 5.97. The summed E-state index contributed by atoms with van der Waals surface area (Å²) in [6.07, 6.45) is 1.31. The van der Waals surface area contributed by atoms with Gasteiger partial charge in [0.05, 0.1) is 5.69 Å². The average Bonchev–Trinajstić information content (AvgIpc) is 3.01. The number of ether oxygens (including phenoxy) is 1. The Kier molecular flexibility index (Phi) is 5.87. The molecule has 1 aliphatic rings. The molecule has 3 rings (SSSR count). The summed E-state index contributed by atoms with van der Waals surface area (Å²) >= 11 is 0. The minimum Gasteiger partial charge on any atom is -0.368 e. The van der Waals surface area contributed by atoms with Crippen LogP contribution in [0.5, 0.6) is 0 Å². The van der Waals surface area contributed by atoms with E-state index in [2.05, 4.69) is 26.2 Å². The van der Waals surface area contributed by atoms with E-state index in [-0.39, 0.29) is 18.3 Å². The Morgan fingerprint density at radius 1 is 1.38 bits per heavy atom. The zero-order valence-electron chi connectivity index (χ0n) is 13.7. The van der Waals surface area contributed by atoms with Crippen molar-refractivity contribution in [2.75, 3.05) is 25.5 Å². The van der Waals surface area contributed by atoms with Crippen LogP contribution in [-0.4, -0.2) is 51.9 Å². The lowest BCUT2D eigenvalue weighted by Gasteiger charge is -2.34. The van der Waals surface area contributed by atoms with Crippen LogP contribution in [-0.2, 0) is 9.53 Å². The second-order valence-corrected chi connectivity index (χ2v) is 5.59. The molecule has 8 nitrogen and oxygen atoms in total. The third kappa shape index (κ3) is 3.55. The molecule has 2 aromatic rings. The van der Waals surface area contributed by atoms with Crippen LogP contribution in [0.2, 0.25) is 0 Å². The molecule has 2 heterocycles. The Labute approximate surface area is 146 Å². The molecule has 24 heavy (non-hydrogen) atoms. The standard InChI is InChI=1S/C15H20N6O2.ClH/c1-11-18-19-20-21(11)13-5-3-4-12(10-13)17-14(22)15(23-2)6-8-16-9-7-15;/h3-5,10,16H,6-9H2,1-2H3,(H,17,22);1H. The maximum atomic E-state index is 12.7. The van der Waals surface area contributed by atoms with Crippen LogP contribution in [0.4, 0.5) is 5.69 Å². The zero-order chi connectivity index (χ0) is 16.3. The molecule has 1 saturated heterocycles. The highest BCUT2D eigenvalue weighted by atomic mass is 35.5. The minimum absolute atomic E-state index is 0. The SMILES string of the molecule is COC1(C(=O)Nc2cccc(-n3nnnc3C)c2)CCNCC1.Cl. The molecule has 1 fully saturated rings. The quantitative estimate of drug-likeness (QED) is 0.855. The lowest BCUT2D eigenvalue weighted by Crippen LogP contribution is -2.51. The third-order valence-corrected chi connectivity index (χ3v) is 4.19. The van der Waals surface area contributed by atoms with E-state index in [4.69, 9.17) is 4.74 Å². The first kappa shape index (κ1) is 18.3. The fourth-order valence-electron chi connectivity index (χ4n) is 2.79. The van der Waals surface area contributed by atoms with Crippen molar-refractivity contribution in [2.45, 2.75) is 25.4 Å². The van der Waals surface area contributed by atoms with Gasteiger partial charge in [-0.25, -0.2) is 0 Å². The molecule has 1 amide bonds. The number of hydrogen-bond donors (Lipinski definition) is 2. The summed E-state index contributed by atoms with van der Waals surface area (Å²) in [5.74, 6) is 0.562. The van der Waals surface area contributed by atoms with Crippen molar-refractivity contribution in [1.29, 1.82) is 0 Å². The summed E-state index contributed by atoms with van der Waals surface area (Å²) in [6, 6.07) is 7.42. The van der Waals surface area contributed by atoms with Gasteiger partial charge in [-0.2, -0.15) is 4.68 Å². The molecule has 0 bridgehead atoms. The van der Waals surface area contributed by atoms with Gasteiger partial charge in [0.15, 0.2) is 5.82 Å². The zero-order valence-corrected chi connectivity index (χ0v) is 14.5. The molecule has 0 spiro atoms. The fraction of sp³-hybridized carbons (Fsp3) is 0.467. The van der Waals surface area contributed by atoms with Gasteiger partial charge < -0.3 is 15.4 Å². The van der Waals surface area contributed by atoms with E-state index in [0.717, 1.165) is 18.8 Å². The lowest BCUT2D eigenvalue weighted by molar-refractivity contribution is -0.140. The van der Waals surface area contributed by atoms with Crippen LogP contribution in [0.1, 0.15) is 18.7 Å². The number of methoxy groups -OCH3 is 1. The third-order valence-electron chi connectivity index (χ3n) is 4.19. The molecule has 0 saturated carbocycles. The number of nitrogens with zero attached hydrogens (tertiary/aromatic N) is 4. The summed E-state index contributed by atoms with van der Waals surface area (Å²) in [5, 5.41) is 17.6. The Balaban J connectivity index is 0.00000208. The van der Waals surface area contributed by atoms with Crippen LogP contribution in [0.15, 0.2) is 24.3 Å². The maximum absolute atomic E-state index is 12.7. The number of carbonyl (C=O) groups is 1. The van der Waals surface area contributed by atoms with Crippen molar-refractivity contribution < 1.29 is 9.53 Å². The van der Waals surface area contributed by atoms with Crippen molar-refractivity contribution in [3.8, 4) is 5.69 Å². The van der Waals surface area contributed by atoms with Gasteiger partial charge in [-0.3, -0.25) is 4.79 Å². The number of anilines is 1. The van der Waals surface area contributed by atoms with Crippen molar-refractivity contribution in [3.05, 3.63) is 30.1 Å². The fourth-order valence-corrected chi connectivity index (χ4v) is 2.79. The highest BCUT2D eigenvalue weighted by Gasteiger charge is 2.39. The van der Waals surface area contributed by atoms with Crippen LogP contribution in [0.25, 0.3) is 5.69 Å². The largest absolute Gasteiger partial charge is 0.368 e. The molecule has 1 aliphatic heterocycles. The van der Waals surface area contributed by atoms with Crippen LogP contribution < -0.4 is 10.6 Å². The normalized spacial score (nSPS) is 16.2. The summed E-state index contributed by atoms with van der Waals surface area (Å²) < 4.78 is 7.16. The van der Waals surface area contributed by atoms with Gasteiger partial charge in [0.25, 0.3) is 5.91 Å². The van der Waals surface area contributed by atoms with E-state index in [1.165, 1.54) is 0 Å². The summed E-state index contributed by atoms with van der Waals surface area (Å²) in [6.45, 7) is 3.36. The highest BCUT2D eigenvalue weighted by Crippen LogP contribution is 2.25. The number of aryl methyl sites for hydroxylation is 1. The van der Waals surface area contributed by atoms with Crippen LogP contribution >= 0.6 is 12.4 Å². The number of tetrazole rings is 1. The Morgan fingerprint density at radius 3 is 2.75 bits per heavy atom. The van der Waals surface area contributed by atoms with Crippen molar-refractivity contribution in [1.82, 2.24) is 25.5 Å². The number of halogens is 1. The van der Waals surface area contributed by atoms with Crippen LogP contribution in [0.3, 0.4) is 0 Å². The molecule has 1 aromatic heterocycles. The number of amides is 1. The topological polar surface area (TPSA) is 94.0 Å². The van der Waals surface area contributed by atoms with Gasteiger partial charge >= 0.3 is 0 Å². The molecule has 0 atom stereocenters. The van der Waals surface area contributed by atoms with Gasteiger partial charge in [-0.1, -0.05) is 6.07 Å². The molecule has 1 aromatic carbocycles. The molecular formula is C15H21ClN6O2. The lowest BCUT2D eigenvalue weighted by atomic mass is 9.91. The van der Waals surface area contributed by atoms with Gasteiger partial charge in [-0.05, 0) is 61.5 Å². The number of aromatic nitrogens is 4. The number of nitrogens with one attached hydrogen (secondary N) is 2. The molecule has 2 N–H and O–H groups in total. The summed E-state index contributed by atoms with van der Waals surface area (Å²) in [4.78, 5) is 12.7. The number of piperidine rings is 1.